The minimum atomic E-state index is -3.52. The van der Waals surface area contributed by atoms with Gasteiger partial charge in [0.1, 0.15) is 0 Å². The number of carbonyl (C=O) groups is 1. The summed E-state index contributed by atoms with van der Waals surface area (Å²) in [5.41, 5.74) is 4.91. The minimum absolute atomic E-state index is 0.0200. The fourth-order valence-corrected chi connectivity index (χ4v) is 6.65. The van der Waals surface area contributed by atoms with Crippen molar-refractivity contribution in [3.05, 3.63) is 64.7 Å². The van der Waals surface area contributed by atoms with Crippen molar-refractivity contribution in [3.8, 4) is 0 Å². The molecule has 2 aliphatic rings. The number of amides is 1. The van der Waals surface area contributed by atoms with Gasteiger partial charge in [0, 0.05) is 25.6 Å². The lowest BCUT2D eigenvalue weighted by Gasteiger charge is -2.31. The first-order chi connectivity index (χ1) is 16.3. The third kappa shape index (κ3) is 5.37. The van der Waals surface area contributed by atoms with Crippen molar-refractivity contribution < 1.29 is 13.2 Å². The maximum Gasteiger partial charge on any atom is 0.243 e. The molecule has 1 atom stereocenters. The van der Waals surface area contributed by atoms with Crippen molar-refractivity contribution in [3.63, 3.8) is 0 Å². The van der Waals surface area contributed by atoms with E-state index in [1.807, 2.05) is 26.2 Å². The number of hydrogen-bond donors (Lipinski definition) is 1. The molecule has 184 valence electrons. The summed E-state index contributed by atoms with van der Waals surface area (Å²) in [6.45, 7) is 3.44. The molecule has 1 N–H and O–H groups in total. The lowest BCUT2D eigenvalue weighted by Crippen LogP contribution is -2.44. The Hall–Kier alpha value is -2.22. The third-order valence-corrected chi connectivity index (χ3v) is 9.29. The SMILES string of the molecule is CCc1ccc(C(CNC(=O)C2CCN(S(=O)(=O)c3ccc4c(c3)CCC4)CC2)N(C)C)cc1. The van der Waals surface area contributed by atoms with Crippen molar-refractivity contribution in [1.82, 2.24) is 14.5 Å². The van der Waals surface area contributed by atoms with E-state index in [9.17, 15) is 13.2 Å². The summed E-state index contributed by atoms with van der Waals surface area (Å²) in [6, 6.07) is 14.2. The van der Waals surface area contributed by atoms with Gasteiger partial charge >= 0.3 is 0 Å². The molecule has 0 spiro atoms. The van der Waals surface area contributed by atoms with Crippen LogP contribution in [0, 0.1) is 5.92 Å². The zero-order chi connectivity index (χ0) is 24.3. The molecule has 0 bridgehead atoms. The number of sulfonamides is 1. The highest BCUT2D eigenvalue weighted by Gasteiger charge is 2.33. The summed E-state index contributed by atoms with van der Waals surface area (Å²) in [4.78, 5) is 15.4. The summed E-state index contributed by atoms with van der Waals surface area (Å²) in [5.74, 6) is -0.136. The largest absolute Gasteiger partial charge is 0.354 e. The summed E-state index contributed by atoms with van der Waals surface area (Å²) in [7, 11) is 0.525. The van der Waals surface area contributed by atoms with Gasteiger partial charge < -0.3 is 10.2 Å². The number of carbonyl (C=O) groups excluding carboxylic acids is 1. The number of benzene rings is 2. The first-order valence-electron chi connectivity index (χ1n) is 12.4. The van der Waals surface area contributed by atoms with Crippen LogP contribution in [0.15, 0.2) is 47.4 Å². The van der Waals surface area contributed by atoms with E-state index in [-0.39, 0.29) is 17.9 Å². The van der Waals surface area contributed by atoms with Gasteiger partial charge in [-0.2, -0.15) is 4.31 Å². The zero-order valence-corrected chi connectivity index (χ0v) is 21.4. The maximum absolute atomic E-state index is 13.2. The van der Waals surface area contributed by atoms with E-state index in [1.165, 1.54) is 16.7 Å². The summed E-state index contributed by atoms with van der Waals surface area (Å²) in [6.07, 6.45) is 5.19. The molecule has 1 aliphatic heterocycles. The molecular formula is C27H37N3O3S. The predicted octanol–water partition coefficient (Wildman–Crippen LogP) is 3.56. The quantitative estimate of drug-likeness (QED) is 0.623. The van der Waals surface area contributed by atoms with Crippen molar-refractivity contribution in [2.75, 3.05) is 33.7 Å². The van der Waals surface area contributed by atoms with Crippen LogP contribution in [0.2, 0.25) is 0 Å². The van der Waals surface area contributed by atoms with Crippen LogP contribution in [0.1, 0.15) is 54.5 Å². The smallest absolute Gasteiger partial charge is 0.243 e. The topological polar surface area (TPSA) is 69.7 Å². The first kappa shape index (κ1) is 24.9. The molecule has 0 saturated carbocycles. The van der Waals surface area contributed by atoms with Crippen molar-refractivity contribution in [1.29, 1.82) is 0 Å². The Morgan fingerprint density at radius 2 is 1.74 bits per heavy atom. The maximum atomic E-state index is 13.2. The van der Waals surface area contributed by atoms with Gasteiger partial charge in [0.25, 0.3) is 0 Å². The molecule has 2 aromatic rings. The molecule has 2 aromatic carbocycles. The number of likely N-dealkylation sites (N-methyl/N-ethyl adjacent to an activating group) is 1. The molecule has 6 nitrogen and oxygen atoms in total. The highest BCUT2D eigenvalue weighted by atomic mass is 32.2. The van der Waals surface area contributed by atoms with E-state index in [0.29, 0.717) is 37.4 Å². The molecule has 0 aromatic heterocycles. The molecule has 7 heteroatoms. The van der Waals surface area contributed by atoms with E-state index in [2.05, 4.69) is 41.4 Å². The summed E-state index contributed by atoms with van der Waals surface area (Å²) in [5, 5.41) is 3.13. The van der Waals surface area contributed by atoms with Gasteiger partial charge in [-0.25, -0.2) is 8.42 Å². The number of aryl methyl sites for hydroxylation is 3. The summed E-state index contributed by atoms with van der Waals surface area (Å²) < 4.78 is 27.9. The second-order valence-corrected chi connectivity index (χ2v) is 11.7. The minimum Gasteiger partial charge on any atom is -0.354 e. The van der Waals surface area contributed by atoms with Crippen molar-refractivity contribution >= 4 is 15.9 Å². The molecule has 1 aliphatic carbocycles. The van der Waals surface area contributed by atoms with E-state index in [0.717, 1.165) is 31.2 Å². The molecular weight excluding hydrogens is 446 g/mol. The van der Waals surface area contributed by atoms with E-state index in [4.69, 9.17) is 0 Å². The highest BCUT2D eigenvalue weighted by Crippen LogP contribution is 2.29. The van der Waals surface area contributed by atoms with E-state index >= 15 is 0 Å². The fraction of sp³-hybridized carbons (Fsp3) is 0.519. The Balaban J connectivity index is 1.33. The Morgan fingerprint density at radius 1 is 1.06 bits per heavy atom. The van der Waals surface area contributed by atoms with Crippen LogP contribution >= 0.6 is 0 Å². The van der Waals surface area contributed by atoms with Gasteiger partial charge in [-0.05, 0) is 87.0 Å². The molecule has 34 heavy (non-hydrogen) atoms. The Bertz CT molecular complexity index is 1100. The van der Waals surface area contributed by atoms with Gasteiger partial charge in [0.05, 0.1) is 10.9 Å². The summed E-state index contributed by atoms with van der Waals surface area (Å²) >= 11 is 0. The van der Waals surface area contributed by atoms with E-state index < -0.39 is 10.0 Å². The number of piperidine rings is 1. The number of nitrogens with one attached hydrogen (secondary N) is 1. The second kappa shape index (κ2) is 10.6. The van der Waals surface area contributed by atoms with Crippen LogP contribution in [-0.4, -0.2) is 57.3 Å². The number of hydrogen-bond acceptors (Lipinski definition) is 4. The van der Waals surface area contributed by atoms with Gasteiger partial charge in [-0.1, -0.05) is 37.3 Å². The monoisotopic (exact) mass is 483 g/mol. The number of nitrogens with zero attached hydrogens (tertiary/aromatic N) is 2. The van der Waals surface area contributed by atoms with Gasteiger partial charge in [-0.3, -0.25) is 4.79 Å². The normalized spacial score (nSPS) is 18.1. The predicted molar refractivity (Wildman–Crippen MR) is 135 cm³/mol. The van der Waals surface area contributed by atoms with Crippen LogP contribution in [-0.2, 0) is 34.1 Å². The fourth-order valence-electron chi connectivity index (χ4n) is 5.13. The first-order valence-corrected chi connectivity index (χ1v) is 13.9. The number of rotatable bonds is 8. The Labute approximate surface area is 204 Å². The molecule has 1 amide bonds. The standard InChI is InChI=1S/C27H37N3O3S/c1-4-20-8-10-22(11-9-20)26(29(2)3)19-28-27(31)23-14-16-30(17-15-23)34(32,33)25-13-12-21-6-5-7-24(21)18-25/h8-13,18,23,26H,4-7,14-17,19H2,1-3H3,(H,28,31). The molecule has 1 fully saturated rings. The Morgan fingerprint density at radius 3 is 2.38 bits per heavy atom. The van der Waals surface area contributed by atoms with Gasteiger partial charge in [-0.15, -0.1) is 0 Å². The average Bonchev–Trinajstić information content (AvgIpc) is 3.32. The van der Waals surface area contributed by atoms with Crippen molar-refractivity contribution in [2.24, 2.45) is 5.92 Å². The molecule has 1 heterocycles. The second-order valence-electron chi connectivity index (χ2n) is 9.78. The van der Waals surface area contributed by atoms with Crippen LogP contribution in [0.4, 0.5) is 0 Å². The van der Waals surface area contributed by atoms with E-state index in [1.54, 1.807) is 10.4 Å². The molecule has 1 saturated heterocycles. The lowest BCUT2D eigenvalue weighted by atomic mass is 9.96. The van der Waals surface area contributed by atoms with Crippen molar-refractivity contribution in [2.45, 2.75) is 56.4 Å². The highest BCUT2D eigenvalue weighted by molar-refractivity contribution is 7.89. The molecule has 4 rings (SSSR count). The third-order valence-electron chi connectivity index (χ3n) is 7.40. The van der Waals surface area contributed by atoms with Gasteiger partial charge in [0.2, 0.25) is 15.9 Å². The van der Waals surface area contributed by atoms with Gasteiger partial charge in [0.15, 0.2) is 0 Å². The molecule has 0 radical (unpaired) electrons. The van der Waals surface area contributed by atoms with Crippen LogP contribution in [0.3, 0.4) is 0 Å². The zero-order valence-electron chi connectivity index (χ0n) is 20.6. The molecule has 1 unspecified atom stereocenters. The number of fused-ring (bicyclic) bond motifs is 1. The van der Waals surface area contributed by atoms with Crippen LogP contribution in [0.5, 0.6) is 0 Å². The van der Waals surface area contributed by atoms with Crippen LogP contribution < -0.4 is 5.32 Å². The Kier molecular flexibility index (Phi) is 7.75. The lowest BCUT2D eigenvalue weighted by molar-refractivity contribution is -0.126. The average molecular weight is 484 g/mol. The van der Waals surface area contributed by atoms with Crippen LogP contribution in [0.25, 0.3) is 0 Å².